The fourth-order valence-electron chi connectivity index (χ4n) is 1.59. The van der Waals surface area contributed by atoms with E-state index in [0.29, 0.717) is 17.8 Å². The molecule has 19 heavy (non-hydrogen) atoms. The zero-order chi connectivity index (χ0) is 14.3. The van der Waals surface area contributed by atoms with Gasteiger partial charge < -0.3 is 16.0 Å². The molecule has 5 heteroatoms. The number of rotatable bonds is 5. The molecule has 0 aliphatic carbocycles. The zero-order valence-corrected chi connectivity index (χ0v) is 11.7. The Bertz CT molecular complexity index is 458. The van der Waals surface area contributed by atoms with Crippen molar-refractivity contribution >= 4 is 17.6 Å². The first-order valence-electron chi connectivity index (χ1n) is 6.46. The van der Waals surface area contributed by atoms with Crippen LogP contribution in [0.3, 0.4) is 0 Å². The van der Waals surface area contributed by atoms with Gasteiger partial charge in [0.05, 0.1) is 0 Å². The molecule has 104 valence electrons. The Labute approximate surface area is 113 Å². The predicted molar refractivity (Wildman–Crippen MR) is 76.5 cm³/mol. The lowest BCUT2D eigenvalue weighted by Gasteiger charge is -2.11. The molecular formula is C14H21N3O2. The van der Waals surface area contributed by atoms with Crippen molar-refractivity contribution in [3.8, 4) is 0 Å². The maximum atomic E-state index is 11.7. The van der Waals surface area contributed by atoms with E-state index in [2.05, 4.69) is 22.9 Å². The summed E-state index contributed by atoms with van der Waals surface area (Å²) in [5.74, 6) is -0.172. The van der Waals surface area contributed by atoms with Gasteiger partial charge in [0.25, 0.3) is 5.91 Å². The predicted octanol–water partition coefficient (Wildman–Crippen LogP) is 2.28. The third kappa shape index (κ3) is 4.62. The van der Waals surface area contributed by atoms with Crippen molar-refractivity contribution in [2.24, 2.45) is 0 Å². The van der Waals surface area contributed by atoms with Gasteiger partial charge in [-0.25, -0.2) is 4.79 Å². The van der Waals surface area contributed by atoms with E-state index >= 15 is 0 Å². The summed E-state index contributed by atoms with van der Waals surface area (Å²) in [4.78, 5) is 23.2. The third-order valence-electron chi connectivity index (χ3n) is 2.79. The van der Waals surface area contributed by atoms with Crippen LogP contribution >= 0.6 is 0 Å². The van der Waals surface area contributed by atoms with Crippen molar-refractivity contribution in [3.05, 3.63) is 29.3 Å². The Hall–Kier alpha value is -2.04. The number of carbonyl (C=O) groups is 2. The van der Waals surface area contributed by atoms with E-state index in [1.165, 1.54) is 0 Å². The second-order valence-electron chi connectivity index (χ2n) is 4.34. The van der Waals surface area contributed by atoms with Crippen LogP contribution in [-0.2, 0) is 0 Å². The Kier molecular flexibility index (Phi) is 5.85. The van der Waals surface area contributed by atoms with Crippen LogP contribution in [0.2, 0.25) is 0 Å². The van der Waals surface area contributed by atoms with E-state index in [4.69, 9.17) is 0 Å². The number of hydrogen-bond acceptors (Lipinski definition) is 2. The lowest BCUT2D eigenvalue weighted by molar-refractivity contribution is 0.0963. The summed E-state index contributed by atoms with van der Waals surface area (Å²) in [6.45, 7) is 4.60. The van der Waals surface area contributed by atoms with Crippen LogP contribution < -0.4 is 16.0 Å². The molecule has 0 aliphatic heterocycles. The van der Waals surface area contributed by atoms with Gasteiger partial charge in [0.1, 0.15) is 0 Å². The van der Waals surface area contributed by atoms with E-state index in [1.54, 1.807) is 19.2 Å². The molecule has 0 atom stereocenters. The maximum Gasteiger partial charge on any atom is 0.319 e. The summed E-state index contributed by atoms with van der Waals surface area (Å²) in [6.07, 6.45) is 1.98. The number of carbonyl (C=O) groups excluding carboxylic acids is 2. The second-order valence-corrected chi connectivity index (χ2v) is 4.34. The van der Waals surface area contributed by atoms with E-state index in [-0.39, 0.29) is 11.9 Å². The fraction of sp³-hybridized carbons (Fsp3) is 0.429. The molecule has 1 aromatic carbocycles. The molecule has 1 rings (SSSR count). The molecule has 5 nitrogen and oxygen atoms in total. The summed E-state index contributed by atoms with van der Waals surface area (Å²) in [6, 6.07) is 4.97. The van der Waals surface area contributed by atoms with Gasteiger partial charge in [-0.3, -0.25) is 4.79 Å². The maximum absolute atomic E-state index is 11.7. The molecule has 0 saturated carbocycles. The van der Waals surface area contributed by atoms with E-state index in [0.717, 1.165) is 18.4 Å². The quantitative estimate of drug-likeness (QED) is 0.713. The highest BCUT2D eigenvalue weighted by Crippen LogP contribution is 2.16. The molecule has 0 aliphatic rings. The minimum absolute atomic E-state index is 0.172. The summed E-state index contributed by atoms with van der Waals surface area (Å²) >= 11 is 0. The average molecular weight is 263 g/mol. The SMILES string of the molecule is CCCCNC(=O)Nc1cc(C(=O)NC)ccc1C. The van der Waals surface area contributed by atoms with Crippen LogP contribution in [0.5, 0.6) is 0 Å². The topological polar surface area (TPSA) is 70.2 Å². The largest absolute Gasteiger partial charge is 0.355 e. The first-order chi connectivity index (χ1) is 9.08. The van der Waals surface area contributed by atoms with Crippen molar-refractivity contribution in [2.45, 2.75) is 26.7 Å². The molecule has 3 N–H and O–H groups in total. The number of benzene rings is 1. The van der Waals surface area contributed by atoms with Gasteiger partial charge in [-0.05, 0) is 31.0 Å². The fourth-order valence-corrected chi connectivity index (χ4v) is 1.59. The van der Waals surface area contributed by atoms with Crippen LogP contribution in [0, 0.1) is 6.92 Å². The standard InChI is InChI=1S/C14H21N3O2/c1-4-5-8-16-14(19)17-12-9-11(13(18)15-3)7-6-10(12)2/h6-7,9H,4-5,8H2,1-3H3,(H,15,18)(H2,16,17,19). The van der Waals surface area contributed by atoms with E-state index < -0.39 is 0 Å². The van der Waals surface area contributed by atoms with Gasteiger partial charge >= 0.3 is 6.03 Å². The first-order valence-corrected chi connectivity index (χ1v) is 6.46. The normalized spacial score (nSPS) is 9.84. The van der Waals surface area contributed by atoms with E-state index in [9.17, 15) is 9.59 Å². The van der Waals surface area contributed by atoms with Crippen LogP contribution in [0.4, 0.5) is 10.5 Å². The molecule has 0 unspecified atom stereocenters. The van der Waals surface area contributed by atoms with Gasteiger partial charge in [0.15, 0.2) is 0 Å². The van der Waals surface area contributed by atoms with Crippen LogP contribution in [0.1, 0.15) is 35.7 Å². The zero-order valence-electron chi connectivity index (χ0n) is 11.7. The summed E-state index contributed by atoms with van der Waals surface area (Å²) < 4.78 is 0. The average Bonchev–Trinajstić information content (AvgIpc) is 2.40. The molecule has 0 spiro atoms. The van der Waals surface area contributed by atoms with Crippen molar-refractivity contribution < 1.29 is 9.59 Å². The van der Waals surface area contributed by atoms with Gasteiger partial charge in [-0.2, -0.15) is 0 Å². The monoisotopic (exact) mass is 263 g/mol. The molecule has 0 radical (unpaired) electrons. The van der Waals surface area contributed by atoms with Gasteiger partial charge in [0.2, 0.25) is 0 Å². The summed E-state index contributed by atoms with van der Waals surface area (Å²) in [7, 11) is 1.58. The van der Waals surface area contributed by atoms with Crippen LogP contribution in [0.25, 0.3) is 0 Å². The molecule has 1 aromatic rings. The highest BCUT2D eigenvalue weighted by Gasteiger charge is 2.08. The number of nitrogens with one attached hydrogen (secondary N) is 3. The number of hydrogen-bond donors (Lipinski definition) is 3. The number of amides is 3. The number of anilines is 1. The number of unbranched alkanes of at least 4 members (excludes halogenated alkanes) is 1. The van der Waals surface area contributed by atoms with Crippen molar-refractivity contribution in [3.63, 3.8) is 0 Å². The van der Waals surface area contributed by atoms with Crippen LogP contribution in [0.15, 0.2) is 18.2 Å². The minimum Gasteiger partial charge on any atom is -0.355 e. The Morgan fingerprint density at radius 2 is 2.00 bits per heavy atom. The van der Waals surface area contributed by atoms with Gasteiger partial charge in [-0.1, -0.05) is 19.4 Å². The Morgan fingerprint density at radius 1 is 1.26 bits per heavy atom. The smallest absolute Gasteiger partial charge is 0.319 e. The first kappa shape index (κ1) is 15.0. The molecule has 0 saturated heterocycles. The van der Waals surface area contributed by atoms with Crippen LogP contribution in [-0.4, -0.2) is 25.5 Å². The Balaban J connectivity index is 2.71. The van der Waals surface area contributed by atoms with Crippen molar-refractivity contribution in [2.75, 3.05) is 18.9 Å². The molecule has 0 heterocycles. The molecule has 0 aromatic heterocycles. The molecule has 0 bridgehead atoms. The van der Waals surface area contributed by atoms with Crippen molar-refractivity contribution in [1.29, 1.82) is 0 Å². The van der Waals surface area contributed by atoms with Gasteiger partial charge in [-0.15, -0.1) is 0 Å². The lowest BCUT2D eigenvalue weighted by atomic mass is 10.1. The van der Waals surface area contributed by atoms with Gasteiger partial charge in [0, 0.05) is 24.8 Å². The minimum atomic E-state index is -0.245. The highest BCUT2D eigenvalue weighted by molar-refractivity contribution is 5.97. The second kappa shape index (κ2) is 7.41. The number of aryl methyl sites for hydroxylation is 1. The third-order valence-corrected chi connectivity index (χ3v) is 2.79. The summed E-state index contributed by atoms with van der Waals surface area (Å²) in [5, 5.41) is 8.09. The van der Waals surface area contributed by atoms with E-state index in [1.807, 2.05) is 13.0 Å². The highest BCUT2D eigenvalue weighted by atomic mass is 16.2. The number of urea groups is 1. The summed E-state index contributed by atoms with van der Waals surface area (Å²) in [5.41, 5.74) is 2.09. The molecular weight excluding hydrogens is 242 g/mol. The molecule has 3 amide bonds. The van der Waals surface area contributed by atoms with Crippen molar-refractivity contribution in [1.82, 2.24) is 10.6 Å². The Morgan fingerprint density at radius 3 is 2.63 bits per heavy atom. The lowest BCUT2D eigenvalue weighted by Crippen LogP contribution is -2.30. The molecule has 0 fully saturated rings.